The van der Waals surface area contributed by atoms with Gasteiger partial charge in [0.1, 0.15) is 8.07 Å². The highest BCUT2D eigenvalue weighted by atomic mass is 28.3. The van der Waals surface area contributed by atoms with Crippen LogP contribution in [0.2, 0.25) is 19.6 Å². The van der Waals surface area contributed by atoms with E-state index in [0.717, 1.165) is 12.1 Å². The molecule has 15 heavy (non-hydrogen) atoms. The van der Waals surface area contributed by atoms with Crippen LogP contribution in [-0.4, -0.2) is 17.9 Å². The molecule has 0 radical (unpaired) electrons. The van der Waals surface area contributed by atoms with E-state index in [1.165, 1.54) is 0 Å². The zero-order valence-electron chi connectivity index (χ0n) is 10.3. The molecule has 82 valence electrons. The largest absolute Gasteiger partial charge is 0.271 e. The Morgan fingerprint density at radius 2 is 2.07 bits per heavy atom. The van der Waals surface area contributed by atoms with Gasteiger partial charge in [0.25, 0.3) is 0 Å². The molecule has 0 unspecified atom stereocenters. The van der Waals surface area contributed by atoms with Gasteiger partial charge >= 0.3 is 0 Å². The summed E-state index contributed by atoms with van der Waals surface area (Å²) in [6, 6.07) is 0. The van der Waals surface area contributed by atoms with E-state index in [1.54, 1.807) is 0 Å². The van der Waals surface area contributed by atoms with Gasteiger partial charge in [0.2, 0.25) is 0 Å². The van der Waals surface area contributed by atoms with Gasteiger partial charge in [-0.1, -0.05) is 39.4 Å². The molecule has 3 heteroatoms. The number of aromatic nitrogens is 2. The molecular formula is C12H20N2Si. The molecule has 0 amide bonds. The molecule has 0 aliphatic rings. The summed E-state index contributed by atoms with van der Waals surface area (Å²) >= 11 is 0. The van der Waals surface area contributed by atoms with Crippen LogP contribution in [0, 0.1) is 17.4 Å². The van der Waals surface area contributed by atoms with Gasteiger partial charge < -0.3 is 0 Å². The first-order valence-electron chi connectivity index (χ1n) is 5.42. The van der Waals surface area contributed by atoms with Crippen LogP contribution >= 0.6 is 0 Å². The highest BCUT2D eigenvalue weighted by Gasteiger charge is 2.07. The van der Waals surface area contributed by atoms with Crippen molar-refractivity contribution in [1.29, 1.82) is 0 Å². The quantitative estimate of drug-likeness (QED) is 0.553. The second-order valence-electron chi connectivity index (χ2n) is 5.34. The average Bonchev–Trinajstić information content (AvgIpc) is 2.46. The maximum Gasteiger partial charge on any atom is 0.129 e. The van der Waals surface area contributed by atoms with E-state index in [9.17, 15) is 0 Å². The molecule has 2 nitrogen and oxygen atoms in total. The lowest BCUT2D eigenvalue weighted by molar-refractivity contribution is 0.483. The Labute approximate surface area is 93.7 Å². The fraction of sp³-hybridized carbons (Fsp3) is 0.583. The minimum absolute atomic E-state index is 0.628. The van der Waals surface area contributed by atoms with Crippen molar-refractivity contribution in [3.63, 3.8) is 0 Å². The van der Waals surface area contributed by atoms with Gasteiger partial charge in [-0.05, 0) is 5.92 Å². The van der Waals surface area contributed by atoms with Gasteiger partial charge in [-0.25, -0.2) is 0 Å². The van der Waals surface area contributed by atoms with Gasteiger partial charge in [-0.15, -0.1) is 5.54 Å². The number of hydrogen-bond acceptors (Lipinski definition) is 1. The first-order valence-corrected chi connectivity index (χ1v) is 8.92. The fourth-order valence-electron chi connectivity index (χ4n) is 1.16. The van der Waals surface area contributed by atoms with Crippen molar-refractivity contribution >= 4 is 8.07 Å². The fourth-order valence-corrected chi connectivity index (χ4v) is 1.68. The summed E-state index contributed by atoms with van der Waals surface area (Å²) in [5, 5.41) is 4.29. The van der Waals surface area contributed by atoms with Crippen LogP contribution in [0.1, 0.15) is 19.4 Å². The molecule has 0 fully saturated rings. The minimum Gasteiger partial charge on any atom is -0.271 e. The Bertz CT molecular complexity index is 374. The maximum absolute atomic E-state index is 4.29. The monoisotopic (exact) mass is 220 g/mol. The van der Waals surface area contributed by atoms with E-state index in [-0.39, 0.29) is 0 Å². The van der Waals surface area contributed by atoms with Crippen LogP contribution in [0.5, 0.6) is 0 Å². The van der Waals surface area contributed by atoms with Crippen molar-refractivity contribution in [2.24, 2.45) is 5.92 Å². The van der Waals surface area contributed by atoms with Crippen molar-refractivity contribution < 1.29 is 0 Å². The van der Waals surface area contributed by atoms with Crippen LogP contribution < -0.4 is 0 Å². The lowest BCUT2D eigenvalue weighted by atomic mass is 10.2. The van der Waals surface area contributed by atoms with Crippen molar-refractivity contribution in [2.75, 3.05) is 0 Å². The van der Waals surface area contributed by atoms with Crippen LogP contribution in [0.4, 0.5) is 0 Å². The summed E-state index contributed by atoms with van der Waals surface area (Å²) < 4.78 is 1.97. The maximum atomic E-state index is 4.29. The summed E-state index contributed by atoms with van der Waals surface area (Å²) in [5.74, 6) is 3.83. The molecular weight excluding hydrogens is 200 g/mol. The van der Waals surface area contributed by atoms with Gasteiger partial charge in [0.15, 0.2) is 0 Å². The number of nitrogens with zero attached hydrogens (tertiary/aromatic N) is 2. The molecule has 0 atom stereocenters. The zero-order valence-corrected chi connectivity index (χ0v) is 11.3. The van der Waals surface area contributed by atoms with E-state index in [2.05, 4.69) is 50.1 Å². The van der Waals surface area contributed by atoms with Crippen molar-refractivity contribution in [3.8, 4) is 11.5 Å². The second-order valence-corrected chi connectivity index (χ2v) is 10.1. The van der Waals surface area contributed by atoms with Crippen LogP contribution in [0.25, 0.3) is 0 Å². The first kappa shape index (κ1) is 12.1. The smallest absolute Gasteiger partial charge is 0.129 e. The third kappa shape index (κ3) is 4.85. The predicted molar refractivity (Wildman–Crippen MR) is 67.3 cm³/mol. The molecule has 0 aromatic carbocycles. The van der Waals surface area contributed by atoms with Gasteiger partial charge in [-0.2, -0.15) is 5.10 Å². The summed E-state index contributed by atoms with van der Waals surface area (Å²) in [6.45, 7) is 12.1. The van der Waals surface area contributed by atoms with Gasteiger partial charge in [0.05, 0.1) is 11.8 Å². The van der Waals surface area contributed by atoms with E-state index >= 15 is 0 Å². The zero-order chi connectivity index (χ0) is 11.5. The molecule has 0 N–H and O–H groups in total. The highest BCUT2D eigenvalue weighted by molar-refractivity contribution is 6.83. The highest BCUT2D eigenvalue weighted by Crippen LogP contribution is 2.02. The molecule has 0 saturated carbocycles. The lowest BCUT2D eigenvalue weighted by Crippen LogP contribution is -2.16. The Morgan fingerprint density at radius 1 is 1.40 bits per heavy atom. The molecule has 0 aliphatic heterocycles. The molecule has 0 bridgehead atoms. The molecule has 0 spiro atoms. The third-order valence-electron chi connectivity index (χ3n) is 1.77. The molecule has 0 aliphatic carbocycles. The summed E-state index contributed by atoms with van der Waals surface area (Å²) in [5.41, 5.74) is 4.38. The Hall–Kier alpha value is -1.01. The summed E-state index contributed by atoms with van der Waals surface area (Å²) in [7, 11) is -1.26. The molecule has 1 aromatic heterocycles. The van der Waals surface area contributed by atoms with Crippen LogP contribution in [-0.2, 0) is 6.54 Å². The van der Waals surface area contributed by atoms with Crippen LogP contribution in [0.15, 0.2) is 12.4 Å². The molecule has 1 rings (SSSR count). The number of hydrogen-bond donors (Lipinski definition) is 0. The standard InChI is InChI=1S/C12H20N2Si/c1-11(2)9-14-10-12(8-13-14)6-7-15(3,4)5/h8,10-11H,9H2,1-5H3. The predicted octanol–water partition coefficient (Wildman–Crippen LogP) is 2.77. The third-order valence-corrected chi connectivity index (χ3v) is 2.64. The van der Waals surface area contributed by atoms with Gasteiger partial charge in [-0.3, -0.25) is 4.68 Å². The van der Waals surface area contributed by atoms with E-state index in [0.29, 0.717) is 5.92 Å². The summed E-state index contributed by atoms with van der Waals surface area (Å²) in [4.78, 5) is 0. The Balaban J connectivity index is 2.71. The molecule has 0 saturated heterocycles. The second kappa shape index (κ2) is 4.67. The lowest BCUT2D eigenvalue weighted by Gasteiger charge is -2.03. The van der Waals surface area contributed by atoms with Crippen LogP contribution in [0.3, 0.4) is 0 Å². The summed E-state index contributed by atoms with van der Waals surface area (Å²) in [6.07, 6.45) is 3.89. The topological polar surface area (TPSA) is 17.8 Å². The Morgan fingerprint density at radius 3 is 2.60 bits per heavy atom. The first-order chi connectivity index (χ1) is 6.87. The SMILES string of the molecule is CC(C)Cn1cc(C#C[Si](C)(C)C)cn1. The minimum atomic E-state index is -1.26. The molecule has 1 aromatic rings. The van der Waals surface area contributed by atoms with Crippen molar-refractivity contribution in [2.45, 2.75) is 40.0 Å². The normalized spacial score (nSPS) is 11.3. The average molecular weight is 220 g/mol. The van der Waals surface area contributed by atoms with Crippen molar-refractivity contribution in [3.05, 3.63) is 18.0 Å². The van der Waals surface area contributed by atoms with E-state index in [4.69, 9.17) is 0 Å². The van der Waals surface area contributed by atoms with E-state index in [1.807, 2.05) is 17.1 Å². The van der Waals surface area contributed by atoms with Gasteiger partial charge in [0, 0.05) is 12.7 Å². The van der Waals surface area contributed by atoms with Crippen molar-refractivity contribution in [1.82, 2.24) is 9.78 Å². The Kier molecular flexibility index (Phi) is 3.76. The number of rotatable bonds is 2. The van der Waals surface area contributed by atoms with E-state index < -0.39 is 8.07 Å². The molecule has 1 heterocycles.